The molecule has 1 atom stereocenters. The van der Waals surface area contributed by atoms with Crippen molar-refractivity contribution in [2.45, 2.75) is 49.8 Å². The second kappa shape index (κ2) is 6.23. The molecule has 1 saturated carbocycles. The van der Waals surface area contributed by atoms with Crippen molar-refractivity contribution in [3.05, 3.63) is 46.2 Å². The van der Waals surface area contributed by atoms with Gasteiger partial charge in [0.2, 0.25) is 0 Å². The molecule has 0 radical (unpaired) electrons. The number of nitrogens with zero attached hydrogens (tertiary/aromatic N) is 1. The van der Waals surface area contributed by atoms with Gasteiger partial charge in [0.15, 0.2) is 5.17 Å². The Morgan fingerprint density at radius 2 is 2.04 bits per heavy atom. The van der Waals surface area contributed by atoms with E-state index in [1.165, 1.54) is 35.3 Å². The Bertz CT molecular complexity index is 896. The van der Waals surface area contributed by atoms with Crippen molar-refractivity contribution in [1.82, 2.24) is 0 Å². The standard InChI is InChI=1S/C21H22N2S2/c1-3-6-15-7-4-8-16(11-15)17-12-18(24-13-17)20(2)14-21(9-5-10-21)25-19(22)23-20/h4,7-8,11-13H,5,9-10,14H2,1-2H3,(H2,22,23). The highest BCUT2D eigenvalue weighted by molar-refractivity contribution is 8.15. The summed E-state index contributed by atoms with van der Waals surface area (Å²) < 4.78 is 0.321. The van der Waals surface area contributed by atoms with Gasteiger partial charge in [0.1, 0.15) is 0 Å². The largest absolute Gasteiger partial charge is 0.378 e. The number of thiophene rings is 1. The van der Waals surface area contributed by atoms with E-state index in [1.54, 1.807) is 23.1 Å². The molecule has 0 bridgehead atoms. The molecule has 1 spiro atoms. The van der Waals surface area contributed by atoms with Crippen molar-refractivity contribution >= 4 is 28.3 Å². The molecule has 4 heteroatoms. The summed E-state index contributed by atoms with van der Waals surface area (Å²) in [4.78, 5) is 6.17. The van der Waals surface area contributed by atoms with E-state index in [2.05, 4.69) is 54.5 Å². The average Bonchev–Trinajstić information content (AvgIpc) is 3.04. The monoisotopic (exact) mass is 366 g/mol. The Balaban J connectivity index is 1.67. The molecule has 128 valence electrons. The molecule has 1 aromatic heterocycles. The fourth-order valence-electron chi connectivity index (χ4n) is 3.87. The molecule has 1 fully saturated rings. The van der Waals surface area contributed by atoms with Gasteiger partial charge >= 0.3 is 0 Å². The Hall–Kier alpha value is -1.70. The van der Waals surface area contributed by atoms with Crippen LogP contribution in [0, 0.1) is 11.8 Å². The smallest absolute Gasteiger partial charge is 0.155 e. The van der Waals surface area contributed by atoms with E-state index >= 15 is 0 Å². The summed E-state index contributed by atoms with van der Waals surface area (Å²) in [5, 5.41) is 2.99. The summed E-state index contributed by atoms with van der Waals surface area (Å²) in [6, 6.07) is 10.7. The molecule has 2 heterocycles. The predicted molar refractivity (Wildman–Crippen MR) is 110 cm³/mol. The minimum Gasteiger partial charge on any atom is -0.378 e. The molecular formula is C21H22N2S2. The number of nitrogens with two attached hydrogens (primary N) is 1. The molecular weight excluding hydrogens is 344 g/mol. The third kappa shape index (κ3) is 3.12. The van der Waals surface area contributed by atoms with Crippen molar-refractivity contribution in [2.24, 2.45) is 10.7 Å². The van der Waals surface area contributed by atoms with Crippen molar-refractivity contribution in [2.75, 3.05) is 0 Å². The quantitative estimate of drug-likeness (QED) is 0.725. The summed E-state index contributed by atoms with van der Waals surface area (Å²) in [7, 11) is 0. The minimum absolute atomic E-state index is 0.195. The van der Waals surface area contributed by atoms with Crippen LogP contribution >= 0.6 is 23.1 Å². The molecule has 2 aliphatic rings. The first-order chi connectivity index (χ1) is 12.0. The Morgan fingerprint density at radius 1 is 1.20 bits per heavy atom. The minimum atomic E-state index is -0.195. The van der Waals surface area contributed by atoms with E-state index < -0.39 is 0 Å². The molecule has 0 amide bonds. The van der Waals surface area contributed by atoms with Crippen LogP contribution in [0.4, 0.5) is 0 Å². The van der Waals surface area contributed by atoms with Gasteiger partial charge in [0, 0.05) is 15.2 Å². The predicted octanol–water partition coefficient (Wildman–Crippen LogP) is 5.38. The summed E-state index contributed by atoms with van der Waals surface area (Å²) >= 11 is 3.60. The number of rotatable bonds is 2. The lowest BCUT2D eigenvalue weighted by molar-refractivity contribution is 0.274. The Labute approximate surface area is 157 Å². The molecule has 1 aliphatic carbocycles. The van der Waals surface area contributed by atoms with Crippen molar-refractivity contribution < 1.29 is 0 Å². The van der Waals surface area contributed by atoms with Crippen LogP contribution in [0.25, 0.3) is 11.1 Å². The third-order valence-electron chi connectivity index (χ3n) is 5.20. The molecule has 1 aliphatic heterocycles. The van der Waals surface area contributed by atoms with Crippen molar-refractivity contribution in [3.63, 3.8) is 0 Å². The van der Waals surface area contributed by atoms with Crippen LogP contribution < -0.4 is 5.73 Å². The van der Waals surface area contributed by atoms with Gasteiger partial charge in [-0.2, -0.15) is 0 Å². The maximum absolute atomic E-state index is 6.21. The summed E-state index contributed by atoms with van der Waals surface area (Å²) in [5.41, 5.74) is 9.53. The van der Waals surface area contributed by atoms with Gasteiger partial charge in [-0.25, -0.2) is 0 Å². The number of hydrogen-bond acceptors (Lipinski definition) is 4. The zero-order chi connectivity index (χ0) is 17.5. The first kappa shape index (κ1) is 16.8. The first-order valence-electron chi connectivity index (χ1n) is 8.69. The zero-order valence-corrected chi connectivity index (χ0v) is 16.3. The molecule has 1 unspecified atom stereocenters. The lowest BCUT2D eigenvalue weighted by Gasteiger charge is -2.48. The first-order valence-corrected chi connectivity index (χ1v) is 10.4. The number of hydrogen-bond donors (Lipinski definition) is 1. The second-order valence-corrected chi connectivity index (χ2v) is 9.59. The lowest BCUT2D eigenvalue weighted by atomic mass is 9.75. The fourth-order valence-corrected chi connectivity index (χ4v) is 6.44. The summed E-state index contributed by atoms with van der Waals surface area (Å²) in [6.07, 6.45) is 4.93. The van der Waals surface area contributed by atoms with E-state index in [1.807, 2.05) is 6.92 Å². The Morgan fingerprint density at radius 3 is 2.76 bits per heavy atom. The van der Waals surface area contributed by atoms with Gasteiger partial charge in [0.05, 0.1) is 5.54 Å². The van der Waals surface area contributed by atoms with Crippen LogP contribution in [0.5, 0.6) is 0 Å². The SMILES string of the molecule is CC#Cc1cccc(-c2csc(C3(C)CC4(CCC4)SC(N)=N3)c2)c1. The molecule has 2 aromatic rings. The van der Waals surface area contributed by atoms with Gasteiger partial charge in [0.25, 0.3) is 0 Å². The van der Waals surface area contributed by atoms with Crippen molar-refractivity contribution in [3.8, 4) is 23.0 Å². The van der Waals surface area contributed by atoms with E-state index in [0.29, 0.717) is 4.75 Å². The van der Waals surface area contributed by atoms with Crippen LogP contribution in [-0.4, -0.2) is 9.91 Å². The van der Waals surface area contributed by atoms with Gasteiger partial charge in [-0.15, -0.1) is 17.3 Å². The molecule has 25 heavy (non-hydrogen) atoms. The highest BCUT2D eigenvalue weighted by Crippen LogP contribution is 2.55. The average molecular weight is 367 g/mol. The summed E-state index contributed by atoms with van der Waals surface area (Å²) in [5.74, 6) is 6.11. The van der Waals surface area contributed by atoms with E-state index in [-0.39, 0.29) is 5.54 Å². The maximum Gasteiger partial charge on any atom is 0.155 e. The van der Waals surface area contributed by atoms with Crippen molar-refractivity contribution in [1.29, 1.82) is 0 Å². The second-order valence-electron chi connectivity index (χ2n) is 7.19. The lowest BCUT2D eigenvalue weighted by Crippen LogP contribution is -2.45. The topological polar surface area (TPSA) is 38.4 Å². The molecule has 4 rings (SSSR count). The van der Waals surface area contributed by atoms with E-state index in [0.717, 1.165) is 17.2 Å². The molecule has 2 N–H and O–H groups in total. The van der Waals surface area contributed by atoms with Crippen LogP contribution in [0.15, 0.2) is 40.7 Å². The molecule has 2 nitrogen and oxygen atoms in total. The highest BCUT2D eigenvalue weighted by atomic mass is 32.2. The van der Waals surface area contributed by atoms with E-state index in [9.17, 15) is 0 Å². The van der Waals surface area contributed by atoms with Crippen LogP contribution in [0.1, 0.15) is 50.0 Å². The Kier molecular flexibility index (Phi) is 4.17. The zero-order valence-electron chi connectivity index (χ0n) is 14.6. The van der Waals surface area contributed by atoms with Gasteiger partial charge in [-0.05, 0) is 67.8 Å². The number of thioether (sulfide) groups is 1. The van der Waals surface area contributed by atoms with Crippen LogP contribution in [0.2, 0.25) is 0 Å². The number of aliphatic imine (C=N–C) groups is 1. The maximum atomic E-state index is 6.21. The van der Waals surface area contributed by atoms with Crippen LogP contribution in [0.3, 0.4) is 0 Å². The van der Waals surface area contributed by atoms with Gasteiger partial charge < -0.3 is 5.73 Å². The van der Waals surface area contributed by atoms with E-state index in [4.69, 9.17) is 10.7 Å². The van der Waals surface area contributed by atoms with Gasteiger partial charge in [-0.1, -0.05) is 36.2 Å². The number of amidine groups is 1. The van der Waals surface area contributed by atoms with Crippen LogP contribution in [-0.2, 0) is 5.54 Å². The normalized spacial score (nSPS) is 24.2. The fraction of sp³-hybridized carbons (Fsp3) is 0.381. The highest BCUT2D eigenvalue weighted by Gasteiger charge is 2.48. The molecule has 1 aromatic carbocycles. The summed E-state index contributed by atoms with van der Waals surface area (Å²) in [6.45, 7) is 4.12. The van der Waals surface area contributed by atoms with Gasteiger partial charge in [-0.3, -0.25) is 4.99 Å². The number of benzene rings is 1. The molecule has 0 saturated heterocycles. The third-order valence-corrected chi connectivity index (χ3v) is 7.67.